The molecule has 0 radical (unpaired) electrons. The van der Waals surface area contributed by atoms with Gasteiger partial charge in [-0.3, -0.25) is 20.4 Å². The smallest absolute Gasteiger partial charge is 0.245 e. The number of hydrazine groups is 1. The first-order valence-electron chi connectivity index (χ1n) is 8.05. The Morgan fingerprint density at radius 1 is 1.04 bits per heavy atom. The molecule has 4 N–H and O–H groups in total. The fourth-order valence-electron chi connectivity index (χ4n) is 2.14. The Kier molecular flexibility index (Phi) is 8.38. The maximum absolute atomic E-state index is 12.0. The third-order valence-corrected chi connectivity index (χ3v) is 4.03. The van der Waals surface area contributed by atoms with Gasteiger partial charge in [0, 0.05) is 22.8 Å². The van der Waals surface area contributed by atoms with E-state index in [-0.39, 0.29) is 29.1 Å². The highest BCUT2D eigenvalue weighted by atomic mass is 35.5. The van der Waals surface area contributed by atoms with Crippen molar-refractivity contribution in [3.05, 3.63) is 59.6 Å². The third-order valence-electron chi connectivity index (χ3n) is 3.28. The summed E-state index contributed by atoms with van der Waals surface area (Å²) >= 11 is 15.3. The van der Waals surface area contributed by atoms with Gasteiger partial charge in [0.15, 0.2) is 5.11 Å². The normalized spacial score (nSPS) is 11.2. The number of Topliss-reactive ketones (excluding diaryl/α,β-unsaturated/α-hetero) is 1. The van der Waals surface area contributed by atoms with Crippen LogP contribution in [0.1, 0.15) is 12.8 Å². The predicted molar refractivity (Wildman–Crippen MR) is 116 cm³/mol. The van der Waals surface area contributed by atoms with Crippen LogP contribution in [0.4, 0.5) is 11.4 Å². The molecule has 0 aliphatic carbocycles. The summed E-state index contributed by atoms with van der Waals surface area (Å²) in [5, 5.41) is 6.30. The molecule has 0 saturated carbocycles. The number of nitrogens with one attached hydrogen (secondary N) is 4. The number of carbonyl (C=O) groups is 2. The number of ketones is 1. The van der Waals surface area contributed by atoms with Crippen LogP contribution in [-0.4, -0.2) is 22.2 Å². The van der Waals surface area contributed by atoms with E-state index in [4.69, 9.17) is 23.8 Å². The lowest BCUT2D eigenvalue weighted by atomic mass is 10.2. The molecule has 0 aliphatic heterocycles. The number of carbonyl (C=O) groups excluding carboxylic acids is 2. The van der Waals surface area contributed by atoms with E-state index in [2.05, 4.69) is 34.1 Å². The zero-order valence-electron chi connectivity index (χ0n) is 14.2. The van der Waals surface area contributed by atoms with E-state index in [9.17, 15) is 9.59 Å². The zero-order valence-corrected chi connectivity index (χ0v) is 16.7. The van der Waals surface area contributed by atoms with Crippen molar-refractivity contribution in [3.63, 3.8) is 0 Å². The highest BCUT2D eigenvalue weighted by Gasteiger charge is 2.14. The molecule has 2 rings (SSSR count). The van der Waals surface area contributed by atoms with Crippen molar-refractivity contribution in [2.45, 2.75) is 18.2 Å². The number of rotatable bonds is 7. The van der Waals surface area contributed by atoms with Gasteiger partial charge < -0.3 is 10.6 Å². The van der Waals surface area contributed by atoms with Crippen molar-refractivity contribution >= 4 is 64.6 Å². The molecule has 0 spiro atoms. The van der Waals surface area contributed by atoms with Crippen molar-refractivity contribution < 1.29 is 9.59 Å². The average Bonchev–Trinajstić information content (AvgIpc) is 2.60. The van der Waals surface area contributed by atoms with Gasteiger partial charge in [-0.2, -0.15) is 12.6 Å². The minimum atomic E-state index is -0.490. The molecule has 27 heavy (non-hydrogen) atoms. The van der Waals surface area contributed by atoms with Crippen LogP contribution >= 0.6 is 36.4 Å². The molecule has 2 aromatic carbocycles. The Labute approximate surface area is 173 Å². The van der Waals surface area contributed by atoms with Crippen molar-refractivity contribution in [2.75, 3.05) is 10.6 Å². The highest BCUT2D eigenvalue weighted by molar-refractivity contribution is 7.81. The Balaban J connectivity index is 1.68. The van der Waals surface area contributed by atoms with Crippen LogP contribution in [0.3, 0.4) is 0 Å². The Morgan fingerprint density at radius 2 is 1.74 bits per heavy atom. The Bertz CT molecular complexity index is 805. The number of thiocarbonyl (C=S) groups is 1. The van der Waals surface area contributed by atoms with Crippen LogP contribution in [0.2, 0.25) is 5.02 Å². The lowest BCUT2D eigenvalue weighted by molar-refractivity contribution is -0.128. The van der Waals surface area contributed by atoms with E-state index in [0.717, 1.165) is 5.69 Å². The summed E-state index contributed by atoms with van der Waals surface area (Å²) in [5.41, 5.74) is 6.45. The molecule has 0 saturated heterocycles. The van der Waals surface area contributed by atoms with Gasteiger partial charge in [0.1, 0.15) is 5.78 Å². The maximum atomic E-state index is 12.0. The first-order valence-corrected chi connectivity index (χ1v) is 9.35. The number of thiol groups is 1. The predicted octanol–water partition coefficient (Wildman–Crippen LogP) is 3.37. The molecule has 9 heteroatoms. The van der Waals surface area contributed by atoms with E-state index in [1.165, 1.54) is 0 Å². The van der Waals surface area contributed by atoms with E-state index in [1.807, 2.05) is 30.3 Å². The first-order chi connectivity index (χ1) is 12.9. The lowest BCUT2D eigenvalue weighted by Gasteiger charge is -2.14. The average molecular weight is 423 g/mol. The number of halogens is 1. The summed E-state index contributed by atoms with van der Waals surface area (Å²) in [6, 6.07) is 16.4. The molecule has 0 fully saturated rings. The standard InChI is InChI=1S/C18H19ClN4O2S2/c19-12-5-4-8-14(9-12)21-18(27)23-22-16(25)10-15(24)11-17(26)20-13-6-2-1-3-7-13/h1-9,17,20,26H,10-11H2,(H,22,25)(H2,21,23,27). The van der Waals surface area contributed by atoms with Crippen LogP contribution in [0.15, 0.2) is 54.6 Å². The van der Waals surface area contributed by atoms with Crippen LogP contribution in [-0.2, 0) is 9.59 Å². The van der Waals surface area contributed by atoms with Gasteiger partial charge in [0.2, 0.25) is 5.91 Å². The fraction of sp³-hybridized carbons (Fsp3) is 0.167. The molecule has 6 nitrogen and oxygen atoms in total. The second kappa shape index (κ2) is 10.8. The second-order valence-corrected chi connectivity index (χ2v) is 7.05. The van der Waals surface area contributed by atoms with Crippen LogP contribution in [0, 0.1) is 0 Å². The lowest BCUT2D eigenvalue weighted by Crippen LogP contribution is -2.44. The van der Waals surface area contributed by atoms with Crippen molar-refractivity contribution in [1.29, 1.82) is 0 Å². The van der Waals surface area contributed by atoms with Gasteiger partial charge >= 0.3 is 0 Å². The number of benzene rings is 2. The number of anilines is 2. The molecule has 0 bridgehead atoms. The summed E-state index contributed by atoms with van der Waals surface area (Å²) < 4.78 is 0. The molecule has 0 aliphatic rings. The third kappa shape index (κ3) is 8.29. The van der Waals surface area contributed by atoms with Gasteiger partial charge in [-0.15, -0.1) is 0 Å². The Morgan fingerprint density at radius 3 is 2.44 bits per heavy atom. The minimum absolute atomic E-state index is 0.108. The topological polar surface area (TPSA) is 82.3 Å². The van der Waals surface area contributed by atoms with Gasteiger partial charge in [0.25, 0.3) is 0 Å². The van der Waals surface area contributed by atoms with Crippen molar-refractivity contribution in [2.24, 2.45) is 0 Å². The fourth-order valence-corrected chi connectivity index (χ4v) is 2.86. The summed E-state index contributed by atoms with van der Waals surface area (Å²) in [7, 11) is 0. The van der Waals surface area contributed by atoms with Crippen LogP contribution < -0.4 is 21.5 Å². The summed E-state index contributed by atoms with van der Waals surface area (Å²) in [6.45, 7) is 0. The van der Waals surface area contributed by atoms with Crippen molar-refractivity contribution in [1.82, 2.24) is 10.9 Å². The largest absolute Gasteiger partial charge is 0.373 e. The number of para-hydroxylation sites is 1. The zero-order chi connectivity index (χ0) is 19.6. The highest BCUT2D eigenvalue weighted by Crippen LogP contribution is 2.14. The molecule has 1 unspecified atom stereocenters. The molecular weight excluding hydrogens is 404 g/mol. The first kappa shape index (κ1) is 21.0. The van der Waals surface area contributed by atoms with E-state index in [0.29, 0.717) is 10.7 Å². The molecule has 0 heterocycles. The van der Waals surface area contributed by atoms with E-state index < -0.39 is 5.91 Å². The molecule has 1 amide bonds. The minimum Gasteiger partial charge on any atom is -0.373 e. The van der Waals surface area contributed by atoms with Crippen LogP contribution in [0.5, 0.6) is 0 Å². The number of hydrogen-bond donors (Lipinski definition) is 5. The van der Waals surface area contributed by atoms with Crippen LogP contribution in [0.25, 0.3) is 0 Å². The molecule has 1 atom stereocenters. The Hall–Kier alpha value is -2.29. The van der Waals surface area contributed by atoms with Gasteiger partial charge in [0.05, 0.1) is 11.8 Å². The number of amides is 1. The SMILES string of the molecule is O=C(CC(=O)NNC(=S)Nc1cccc(Cl)c1)CC(S)Nc1ccccc1. The molecule has 0 aromatic heterocycles. The van der Waals surface area contributed by atoms with E-state index >= 15 is 0 Å². The van der Waals surface area contributed by atoms with Crippen molar-refractivity contribution in [3.8, 4) is 0 Å². The molecule has 2 aromatic rings. The second-order valence-electron chi connectivity index (χ2n) is 5.58. The van der Waals surface area contributed by atoms with Gasteiger partial charge in [-0.05, 0) is 42.5 Å². The summed E-state index contributed by atoms with van der Waals surface area (Å²) in [6.07, 6.45) is -0.170. The quantitative estimate of drug-likeness (QED) is 0.155. The number of hydrogen-bond acceptors (Lipinski definition) is 5. The van der Waals surface area contributed by atoms with Gasteiger partial charge in [-0.1, -0.05) is 35.9 Å². The summed E-state index contributed by atoms with van der Waals surface area (Å²) in [5.74, 6) is -0.734. The van der Waals surface area contributed by atoms with E-state index in [1.54, 1.807) is 24.3 Å². The molecule has 142 valence electrons. The van der Waals surface area contributed by atoms with Gasteiger partial charge in [-0.25, -0.2) is 0 Å². The monoisotopic (exact) mass is 422 g/mol. The summed E-state index contributed by atoms with van der Waals surface area (Å²) in [4.78, 5) is 23.8. The molecular formula is C18H19ClN4O2S2. The maximum Gasteiger partial charge on any atom is 0.245 e.